The standard InChI is InChI=1S/C19H16ClF2N3O3/c1-10(9-23-19(27)28)5-16-24-15-4-2-3-14(20)17(15)18(26)25(16)13-7-11(21)6-12(22)8-13/h2-4,6-8,10,23H,5,9H2,1H3,(H,27,28). The van der Waals surface area contributed by atoms with Crippen LogP contribution < -0.4 is 10.9 Å². The third-order valence-electron chi connectivity index (χ3n) is 4.15. The maximum Gasteiger partial charge on any atom is 0.404 e. The van der Waals surface area contributed by atoms with Crippen molar-refractivity contribution >= 4 is 28.6 Å². The first-order chi connectivity index (χ1) is 13.3. The molecule has 1 amide bonds. The van der Waals surface area contributed by atoms with Crippen LogP contribution in [0, 0.1) is 17.6 Å². The molecule has 0 aliphatic rings. The summed E-state index contributed by atoms with van der Waals surface area (Å²) in [7, 11) is 0. The highest BCUT2D eigenvalue weighted by atomic mass is 35.5. The Bertz CT molecular complexity index is 1100. The second-order valence-corrected chi connectivity index (χ2v) is 6.83. The van der Waals surface area contributed by atoms with Crippen molar-refractivity contribution in [3.05, 3.63) is 69.2 Å². The highest BCUT2D eigenvalue weighted by molar-refractivity contribution is 6.35. The Hall–Kier alpha value is -3.00. The van der Waals surface area contributed by atoms with Gasteiger partial charge in [0.2, 0.25) is 0 Å². The fourth-order valence-corrected chi connectivity index (χ4v) is 3.20. The molecule has 3 aromatic rings. The third kappa shape index (κ3) is 4.12. The molecule has 6 nitrogen and oxygen atoms in total. The second kappa shape index (κ2) is 7.93. The van der Waals surface area contributed by atoms with E-state index in [4.69, 9.17) is 16.7 Å². The normalized spacial score (nSPS) is 12.1. The number of nitrogens with one attached hydrogen (secondary N) is 1. The monoisotopic (exact) mass is 407 g/mol. The average molecular weight is 408 g/mol. The van der Waals surface area contributed by atoms with Crippen molar-refractivity contribution in [1.82, 2.24) is 14.9 Å². The minimum Gasteiger partial charge on any atom is -0.465 e. The Morgan fingerprint density at radius 2 is 1.96 bits per heavy atom. The average Bonchev–Trinajstić information content (AvgIpc) is 2.59. The van der Waals surface area contributed by atoms with Gasteiger partial charge in [-0.05, 0) is 30.2 Å². The first kappa shape index (κ1) is 19.8. The van der Waals surface area contributed by atoms with Crippen LogP contribution in [-0.2, 0) is 6.42 Å². The van der Waals surface area contributed by atoms with Crippen LogP contribution in [0.3, 0.4) is 0 Å². The minimum atomic E-state index is -1.17. The largest absolute Gasteiger partial charge is 0.465 e. The molecule has 2 N–H and O–H groups in total. The number of hydrogen-bond acceptors (Lipinski definition) is 3. The summed E-state index contributed by atoms with van der Waals surface area (Å²) in [5.41, 5.74) is -0.238. The second-order valence-electron chi connectivity index (χ2n) is 6.43. The SMILES string of the molecule is CC(CNC(=O)O)Cc1nc2cccc(Cl)c2c(=O)n1-c1cc(F)cc(F)c1. The van der Waals surface area contributed by atoms with E-state index in [1.807, 2.05) is 0 Å². The first-order valence-corrected chi connectivity index (χ1v) is 8.77. The van der Waals surface area contributed by atoms with Crippen LogP contribution in [0.5, 0.6) is 0 Å². The first-order valence-electron chi connectivity index (χ1n) is 8.39. The van der Waals surface area contributed by atoms with Gasteiger partial charge in [-0.15, -0.1) is 0 Å². The van der Waals surface area contributed by atoms with Gasteiger partial charge in [-0.2, -0.15) is 0 Å². The molecule has 3 rings (SSSR count). The van der Waals surface area contributed by atoms with Crippen LogP contribution in [0.1, 0.15) is 12.7 Å². The van der Waals surface area contributed by atoms with E-state index in [0.29, 0.717) is 11.6 Å². The van der Waals surface area contributed by atoms with E-state index in [1.165, 1.54) is 6.07 Å². The van der Waals surface area contributed by atoms with Gasteiger partial charge in [0.1, 0.15) is 17.5 Å². The van der Waals surface area contributed by atoms with Crippen molar-refractivity contribution < 1.29 is 18.7 Å². The summed E-state index contributed by atoms with van der Waals surface area (Å²) in [6.07, 6.45) is -0.981. The number of rotatable bonds is 5. The number of amides is 1. The van der Waals surface area contributed by atoms with Gasteiger partial charge in [-0.1, -0.05) is 24.6 Å². The van der Waals surface area contributed by atoms with Crippen LogP contribution in [0.15, 0.2) is 41.2 Å². The minimum absolute atomic E-state index is 0.0230. The van der Waals surface area contributed by atoms with Crippen LogP contribution >= 0.6 is 11.6 Å². The van der Waals surface area contributed by atoms with Gasteiger partial charge in [-0.25, -0.2) is 18.6 Å². The Labute approximate surface area is 163 Å². The Morgan fingerprint density at radius 3 is 2.61 bits per heavy atom. The number of fused-ring (bicyclic) bond motifs is 1. The summed E-state index contributed by atoms with van der Waals surface area (Å²) in [4.78, 5) is 28.3. The fourth-order valence-electron chi connectivity index (χ4n) is 2.95. The number of benzene rings is 2. The molecule has 0 saturated heterocycles. The summed E-state index contributed by atoms with van der Waals surface area (Å²) in [5.74, 6) is -1.67. The molecule has 0 aliphatic heterocycles. The quantitative estimate of drug-likeness (QED) is 0.674. The van der Waals surface area contributed by atoms with Crippen molar-refractivity contribution in [1.29, 1.82) is 0 Å². The van der Waals surface area contributed by atoms with Gasteiger partial charge in [0.05, 0.1) is 21.6 Å². The lowest BCUT2D eigenvalue weighted by atomic mass is 10.1. The smallest absolute Gasteiger partial charge is 0.404 e. The molecular weight excluding hydrogens is 392 g/mol. The Balaban J connectivity index is 2.20. The van der Waals surface area contributed by atoms with Crippen LogP contribution in [0.4, 0.5) is 13.6 Å². The summed E-state index contributed by atoms with van der Waals surface area (Å²) < 4.78 is 28.6. The zero-order chi connectivity index (χ0) is 20.4. The van der Waals surface area contributed by atoms with E-state index in [-0.39, 0.29) is 40.8 Å². The summed E-state index contributed by atoms with van der Waals surface area (Å²) in [6.45, 7) is 1.89. The van der Waals surface area contributed by atoms with Crippen LogP contribution in [0.2, 0.25) is 5.02 Å². The Morgan fingerprint density at radius 1 is 1.29 bits per heavy atom. The van der Waals surface area contributed by atoms with Gasteiger partial charge < -0.3 is 10.4 Å². The number of hydrogen-bond donors (Lipinski definition) is 2. The number of halogens is 3. The predicted molar refractivity (Wildman–Crippen MR) is 101 cm³/mol. The van der Waals surface area contributed by atoms with Crippen molar-refractivity contribution in [2.45, 2.75) is 13.3 Å². The predicted octanol–water partition coefficient (Wildman–Crippen LogP) is 3.76. The van der Waals surface area contributed by atoms with Crippen molar-refractivity contribution in [2.24, 2.45) is 5.92 Å². The summed E-state index contributed by atoms with van der Waals surface area (Å²) in [6, 6.07) is 7.54. The maximum absolute atomic E-state index is 13.8. The number of aromatic nitrogens is 2. The molecule has 28 heavy (non-hydrogen) atoms. The molecule has 146 valence electrons. The molecule has 0 fully saturated rings. The molecule has 1 heterocycles. The molecule has 0 saturated carbocycles. The molecule has 0 aliphatic carbocycles. The molecule has 0 radical (unpaired) electrons. The number of carbonyl (C=O) groups is 1. The molecule has 9 heteroatoms. The van der Waals surface area contributed by atoms with E-state index >= 15 is 0 Å². The van der Waals surface area contributed by atoms with Gasteiger partial charge in [0.25, 0.3) is 5.56 Å². The lowest BCUT2D eigenvalue weighted by molar-refractivity contribution is 0.192. The van der Waals surface area contributed by atoms with Crippen molar-refractivity contribution in [3.63, 3.8) is 0 Å². The highest BCUT2D eigenvalue weighted by Gasteiger charge is 2.18. The zero-order valence-corrected chi connectivity index (χ0v) is 15.5. The Kier molecular flexibility index (Phi) is 5.60. The summed E-state index contributed by atoms with van der Waals surface area (Å²) >= 11 is 6.15. The van der Waals surface area contributed by atoms with Gasteiger partial charge in [-0.3, -0.25) is 9.36 Å². The molecule has 0 bridgehead atoms. The summed E-state index contributed by atoms with van der Waals surface area (Å²) in [5, 5.41) is 11.3. The number of carboxylic acid groups (broad SMARTS) is 1. The molecule has 2 aromatic carbocycles. The van der Waals surface area contributed by atoms with E-state index in [1.54, 1.807) is 19.1 Å². The third-order valence-corrected chi connectivity index (χ3v) is 4.47. The molecule has 1 atom stereocenters. The lowest BCUT2D eigenvalue weighted by Crippen LogP contribution is -2.30. The molecule has 1 unspecified atom stereocenters. The topological polar surface area (TPSA) is 84.2 Å². The van der Waals surface area contributed by atoms with Gasteiger partial charge in [0.15, 0.2) is 0 Å². The molecule has 1 aromatic heterocycles. The fraction of sp³-hybridized carbons (Fsp3) is 0.211. The zero-order valence-electron chi connectivity index (χ0n) is 14.7. The van der Waals surface area contributed by atoms with E-state index in [2.05, 4.69) is 10.3 Å². The highest BCUT2D eigenvalue weighted by Crippen LogP contribution is 2.22. The van der Waals surface area contributed by atoms with Crippen molar-refractivity contribution in [3.8, 4) is 5.69 Å². The van der Waals surface area contributed by atoms with Gasteiger partial charge in [0, 0.05) is 19.0 Å². The molecular formula is C19H16ClF2N3O3. The maximum atomic E-state index is 13.8. The van der Waals surface area contributed by atoms with E-state index < -0.39 is 23.3 Å². The number of nitrogens with zero attached hydrogens (tertiary/aromatic N) is 2. The lowest BCUT2D eigenvalue weighted by Gasteiger charge is -2.17. The van der Waals surface area contributed by atoms with Crippen molar-refractivity contribution in [2.75, 3.05) is 6.54 Å². The van der Waals surface area contributed by atoms with Gasteiger partial charge >= 0.3 is 6.09 Å². The van der Waals surface area contributed by atoms with Crippen LogP contribution in [-0.4, -0.2) is 27.3 Å². The van der Waals surface area contributed by atoms with E-state index in [0.717, 1.165) is 16.7 Å². The molecule has 0 spiro atoms. The van der Waals surface area contributed by atoms with E-state index in [9.17, 15) is 18.4 Å². The van der Waals surface area contributed by atoms with Crippen LogP contribution in [0.25, 0.3) is 16.6 Å².